The van der Waals surface area contributed by atoms with E-state index in [2.05, 4.69) is 15.6 Å². The van der Waals surface area contributed by atoms with Gasteiger partial charge in [0.1, 0.15) is 0 Å². The van der Waals surface area contributed by atoms with Crippen LogP contribution in [0.2, 0.25) is 0 Å². The molecule has 0 spiro atoms. The quantitative estimate of drug-likeness (QED) is 0.594. The molecule has 154 valence electrons. The maximum Gasteiger partial charge on any atom is 0.416 e. The van der Waals surface area contributed by atoms with Crippen LogP contribution in [0.5, 0.6) is 0 Å². The van der Waals surface area contributed by atoms with Gasteiger partial charge in [0.15, 0.2) is 5.96 Å². The van der Waals surface area contributed by atoms with Crippen LogP contribution < -0.4 is 10.6 Å². The minimum Gasteiger partial charge on any atom is -0.356 e. The second-order valence-corrected chi connectivity index (χ2v) is 7.61. The molecule has 5 nitrogen and oxygen atoms in total. The third-order valence-electron chi connectivity index (χ3n) is 5.66. The Kier molecular flexibility index (Phi) is 5.86. The molecule has 1 amide bonds. The number of rotatable bonds is 5. The number of amides is 1. The average molecular weight is 396 g/mol. The zero-order valence-electron chi connectivity index (χ0n) is 16.3. The lowest BCUT2D eigenvalue weighted by Gasteiger charge is -2.22. The number of carbonyl (C=O) groups excluding carboxylic acids is 1. The molecular weight excluding hydrogens is 369 g/mol. The summed E-state index contributed by atoms with van der Waals surface area (Å²) in [6.45, 7) is 3.76. The molecule has 2 N–H and O–H groups in total. The highest BCUT2D eigenvalue weighted by atomic mass is 19.4. The summed E-state index contributed by atoms with van der Waals surface area (Å²) in [4.78, 5) is 17.9. The summed E-state index contributed by atoms with van der Waals surface area (Å²) in [5.74, 6) is 0.766. The van der Waals surface area contributed by atoms with E-state index in [-0.39, 0.29) is 17.4 Å². The van der Waals surface area contributed by atoms with Gasteiger partial charge in [-0.1, -0.05) is 25.1 Å². The first-order valence-electron chi connectivity index (χ1n) is 9.70. The Hall–Kier alpha value is -2.25. The predicted molar refractivity (Wildman–Crippen MR) is 102 cm³/mol. The molecule has 1 aromatic rings. The predicted octanol–water partition coefficient (Wildman–Crippen LogP) is 2.91. The molecule has 1 aromatic carbocycles. The van der Waals surface area contributed by atoms with Gasteiger partial charge in [0.25, 0.3) is 0 Å². The zero-order valence-corrected chi connectivity index (χ0v) is 16.3. The van der Waals surface area contributed by atoms with Crippen LogP contribution in [0.25, 0.3) is 0 Å². The van der Waals surface area contributed by atoms with Crippen molar-refractivity contribution < 1.29 is 18.0 Å². The molecule has 3 rings (SSSR count). The Morgan fingerprint density at radius 3 is 2.71 bits per heavy atom. The molecule has 0 radical (unpaired) electrons. The van der Waals surface area contributed by atoms with Crippen molar-refractivity contribution in [1.82, 2.24) is 15.5 Å². The van der Waals surface area contributed by atoms with Crippen molar-refractivity contribution >= 4 is 11.9 Å². The van der Waals surface area contributed by atoms with E-state index in [1.165, 1.54) is 12.1 Å². The molecule has 1 unspecified atom stereocenters. The normalized spacial score (nSPS) is 21.5. The Balaban J connectivity index is 1.58. The van der Waals surface area contributed by atoms with Crippen LogP contribution in [0.15, 0.2) is 29.3 Å². The molecule has 1 atom stereocenters. The third kappa shape index (κ3) is 4.59. The molecule has 28 heavy (non-hydrogen) atoms. The number of carbonyl (C=O) groups is 1. The number of nitrogens with one attached hydrogen (secondary N) is 2. The molecule has 2 aliphatic rings. The number of hydrogen-bond acceptors (Lipinski definition) is 2. The SMILES string of the molecule is CCC(=O)N1CCC(NC(=NC)NCC2(c3cccc(C(F)(F)F)c3)CC2)C1. The number of guanidine groups is 1. The number of nitrogens with zero attached hydrogens (tertiary/aromatic N) is 2. The number of benzene rings is 1. The highest BCUT2D eigenvalue weighted by Gasteiger charge is 2.45. The molecule has 1 saturated carbocycles. The fraction of sp³-hybridized carbons (Fsp3) is 0.600. The lowest BCUT2D eigenvalue weighted by Crippen LogP contribution is -2.47. The van der Waals surface area contributed by atoms with Gasteiger partial charge in [-0.3, -0.25) is 9.79 Å². The molecule has 1 aliphatic heterocycles. The maximum absolute atomic E-state index is 13.0. The van der Waals surface area contributed by atoms with Crippen molar-refractivity contribution in [2.45, 2.75) is 50.2 Å². The Morgan fingerprint density at radius 1 is 1.36 bits per heavy atom. The van der Waals surface area contributed by atoms with Gasteiger partial charge < -0.3 is 15.5 Å². The van der Waals surface area contributed by atoms with E-state index in [4.69, 9.17) is 0 Å². The topological polar surface area (TPSA) is 56.7 Å². The van der Waals surface area contributed by atoms with Crippen molar-refractivity contribution in [2.24, 2.45) is 4.99 Å². The molecule has 1 heterocycles. The number of aliphatic imine (C=N–C) groups is 1. The van der Waals surface area contributed by atoms with Crippen molar-refractivity contribution in [1.29, 1.82) is 0 Å². The molecule has 0 bridgehead atoms. The molecule has 1 aliphatic carbocycles. The molecule has 2 fully saturated rings. The van der Waals surface area contributed by atoms with Gasteiger partial charge in [0.2, 0.25) is 5.91 Å². The van der Waals surface area contributed by atoms with Gasteiger partial charge in [0, 0.05) is 44.6 Å². The number of alkyl halides is 3. The first-order chi connectivity index (χ1) is 13.3. The highest BCUT2D eigenvalue weighted by molar-refractivity contribution is 5.80. The number of hydrogen-bond donors (Lipinski definition) is 2. The van der Waals surface area contributed by atoms with E-state index in [1.54, 1.807) is 13.1 Å². The Labute approximate surface area is 163 Å². The molecule has 0 aromatic heterocycles. The van der Waals surface area contributed by atoms with Gasteiger partial charge in [-0.25, -0.2) is 0 Å². The standard InChI is InChI=1S/C20H27F3N4O/c1-3-17(28)27-10-7-16(12-27)26-18(24-2)25-13-19(8-9-19)14-5-4-6-15(11-14)20(21,22)23/h4-6,11,16H,3,7-10,12-13H2,1-2H3,(H2,24,25,26). The second kappa shape index (κ2) is 8.01. The summed E-state index contributed by atoms with van der Waals surface area (Å²) in [6.07, 6.45) is -1.28. The van der Waals surface area contributed by atoms with E-state index in [0.29, 0.717) is 31.0 Å². The van der Waals surface area contributed by atoms with Crippen LogP contribution in [0.3, 0.4) is 0 Å². The van der Waals surface area contributed by atoms with Crippen molar-refractivity contribution in [2.75, 3.05) is 26.7 Å². The maximum atomic E-state index is 13.0. The summed E-state index contributed by atoms with van der Waals surface area (Å²) >= 11 is 0. The highest BCUT2D eigenvalue weighted by Crippen LogP contribution is 2.48. The van der Waals surface area contributed by atoms with E-state index in [9.17, 15) is 18.0 Å². The number of likely N-dealkylation sites (tertiary alicyclic amines) is 1. The van der Waals surface area contributed by atoms with E-state index in [0.717, 1.165) is 31.9 Å². The van der Waals surface area contributed by atoms with E-state index >= 15 is 0 Å². The lowest BCUT2D eigenvalue weighted by atomic mass is 9.94. The monoisotopic (exact) mass is 396 g/mol. The smallest absolute Gasteiger partial charge is 0.356 e. The fourth-order valence-electron chi connectivity index (χ4n) is 3.71. The van der Waals surface area contributed by atoms with Gasteiger partial charge >= 0.3 is 6.18 Å². The number of halogens is 3. The van der Waals surface area contributed by atoms with Crippen molar-refractivity contribution in [3.05, 3.63) is 35.4 Å². The van der Waals surface area contributed by atoms with Crippen molar-refractivity contribution in [3.8, 4) is 0 Å². The van der Waals surface area contributed by atoms with E-state index in [1.807, 2.05) is 11.8 Å². The molecule has 1 saturated heterocycles. The fourth-order valence-corrected chi connectivity index (χ4v) is 3.71. The minimum atomic E-state index is -4.33. The third-order valence-corrected chi connectivity index (χ3v) is 5.66. The summed E-state index contributed by atoms with van der Waals surface area (Å²) < 4.78 is 39.0. The van der Waals surface area contributed by atoms with Crippen LogP contribution in [0.1, 0.15) is 43.7 Å². The van der Waals surface area contributed by atoms with Gasteiger partial charge in [-0.05, 0) is 30.9 Å². The van der Waals surface area contributed by atoms with E-state index < -0.39 is 11.7 Å². The molecule has 8 heteroatoms. The minimum absolute atomic E-state index is 0.130. The summed E-state index contributed by atoms with van der Waals surface area (Å²) in [5, 5.41) is 6.60. The van der Waals surface area contributed by atoms with Gasteiger partial charge in [0.05, 0.1) is 5.56 Å². The van der Waals surface area contributed by atoms with Crippen LogP contribution in [0.4, 0.5) is 13.2 Å². The lowest BCUT2D eigenvalue weighted by molar-refractivity contribution is -0.137. The largest absolute Gasteiger partial charge is 0.416 e. The zero-order chi connectivity index (χ0) is 20.4. The Bertz CT molecular complexity index is 743. The molecular formula is C20H27F3N4O. The van der Waals surface area contributed by atoms with Crippen LogP contribution >= 0.6 is 0 Å². The Morgan fingerprint density at radius 2 is 2.11 bits per heavy atom. The average Bonchev–Trinajstić information content (AvgIpc) is 3.34. The first-order valence-corrected chi connectivity index (χ1v) is 9.70. The van der Waals surface area contributed by atoms with Crippen LogP contribution in [0, 0.1) is 0 Å². The summed E-state index contributed by atoms with van der Waals surface area (Å²) in [7, 11) is 1.67. The van der Waals surface area contributed by atoms with Crippen molar-refractivity contribution in [3.63, 3.8) is 0 Å². The van der Waals surface area contributed by atoms with Crippen LogP contribution in [-0.2, 0) is 16.4 Å². The summed E-state index contributed by atoms with van der Waals surface area (Å²) in [6, 6.07) is 5.74. The summed E-state index contributed by atoms with van der Waals surface area (Å²) in [5.41, 5.74) is -0.171. The van der Waals surface area contributed by atoms with Gasteiger partial charge in [-0.2, -0.15) is 13.2 Å². The van der Waals surface area contributed by atoms with Gasteiger partial charge in [-0.15, -0.1) is 0 Å². The first kappa shape index (κ1) is 20.5. The van der Waals surface area contributed by atoms with Crippen LogP contribution in [-0.4, -0.2) is 49.5 Å². The second-order valence-electron chi connectivity index (χ2n) is 7.61.